The molecule has 0 aliphatic carbocycles. The minimum absolute atomic E-state index is 0.123. The summed E-state index contributed by atoms with van der Waals surface area (Å²) < 4.78 is 28.1. The van der Waals surface area contributed by atoms with Crippen LogP contribution in [0.25, 0.3) is 11.0 Å². The van der Waals surface area contributed by atoms with E-state index in [-0.39, 0.29) is 23.5 Å². The molecule has 1 aromatic carbocycles. The number of aliphatic carboxylic acids is 1. The van der Waals surface area contributed by atoms with Gasteiger partial charge in [-0.15, -0.1) is 0 Å². The van der Waals surface area contributed by atoms with Gasteiger partial charge in [-0.2, -0.15) is 0 Å². The molecule has 1 aromatic heterocycles. The van der Waals surface area contributed by atoms with Crippen molar-refractivity contribution in [3.63, 3.8) is 0 Å². The largest absolute Gasteiger partial charge is 0.480 e. The Hall–Kier alpha value is -2.68. The summed E-state index contributed by atoms with van der Waals surface area (Å²) in [5.41, 5.74) is -0.947. The van der Waals surface area contributed by atoms with E-state index in [9.17, 15) is 22.8 Å². The number of benzene rings is 1. The van der Waals surface area contributed by atoms with Crippen LogP contribution in [0, 0.1) is 0 Å². The van der Waals surface area contributed by atoms with Crippen molar-refractivity contribution >= 4 is 32.7 Å². The van der Waals surface area contributed by atoms with Gasteiger partial charge < -0.3 is 14.8 Å². The SMILES string of the molecule is CCS(=O)(=O)CCC(NC(=O)c1cc2ccccc2oc1=O)C(=O)O. The van der Waals surface area contributed by atoms with E-state index < -0.39 is 33.4 Å². The molecule has 2 aromatic rings. The molecule has 0 spiro atoms. The van der Waals surface area contributed by atoms with E-state index in [1.54, 1.807) is 24.3 Å². The Balaban J connectivity index is 2.22. The van der Waals surface area contributed by atoms with E-state index in [0.29, 0.717) is 11.0 Å². The van der Waals surface area contributed by atoms with Crippen LogP contribution in [0.3, 0.4) is 0 Å². The third-order valence-electron chi connectivity index (χ3n) is 3.65. The Bertz CT molecular complexity index is 962. The normalized spacial score (nSPS) is 12.7. The van der Waals surface area contributed by atoms with Crippen molar-refractivity contribution < 1.29 is 27.5 Å². The molecule has 1 unspecified atom stereocenters. The predicted octanol–water partition coefficient (Wildman–Crippen LogP) is 0.801. The second-order valence-electron chi connectivity index (χ2n) is 5.37. The molecular formula is C16H17NO7S. The smallest absolute Gasteiger partial charge is 0.349 e. The Kier molecular flexibility index (Phi) is 5.58. The molecule has 0 saturated carbocycles. The van der Waals surface area contributed by atoms with Gasteiger partial charge in [-0.25, -0.2) is 18.0 Å². The lowest BCUT2D eigenvalue weighted by atomic mass is 10.1. The van der Waals surface area contributed by atoms with Gasteiger partial charge in [-0.05, 0) is 18.6 Å². The zero-order chi connectivity index (χ0) is 18.6. The molecule has 0 aliphatic heterocycles. The summed E-state index contributed by atoms with van der Waals surface area (Å²) in [6, 6.07) is 6.43. The van der Waals surface area contributed by atoms with Crippen molar-refractivity contribution in [1.29, 1.82) is 0 Å². The number of nitrogens with one attached hydrogen (secondary N) is 1. The highest BCUT2D eigenvalue weighted by Crippen LogP contribution is 2.12. The van der Waals surface area contributed by atoms with Crippen LogP contribution in [0.2, 0.25) is 0 Å². The number of carboxylic acid groups (broad SMARTS) is 1. The maximum absolute atomic E-state index is 12.2. The number of hydrogen-bond donors (Lipinski definition) is 2. The molecule has 0 saturated heterocycles. The van der Waals surface area contributed by atoms with Crippen LogP contribution in [0.5, 0.6) is 0 Å². The van der Waals surface area contributed by atoms with Crippen molar-refractivity contribution in [1.82, 2.24) is 5.32 Å². The number of hydrogen-bond acceptors (Lipinski definition) is 6. The number of sulfone groups is 1. The summed E-state index contributed by atoms with van der Waals surface area (Å²) in [5, 5.41) is 11.8. The van der Waals surface area contributed by atoms with Gasteiger partial charge in [0.15, 0.2) is 0 Å². The first-order valence-electron chi connectivity index (χ1n) is 7.50. The number of fused-ring (bicyclic) bond motifs is 1. The molecule has 8 nitrogen and oxygen atoms in total. The van der Waals surface area contributed by atoms with Gasteiger partial charge in [0.25, 0.3) is 5.91 Å². The molecular weight excluding hydrogens is 350 g/mol. The molecule has 1 amide bonds. The average molecular weight is 367 g/mol. The standard InChI is InChI=1S/C16H17NO7S/c1-2-25(22,23)8-7-12(15(19)20)17-14(18)11-9-10-5-3-4-6-13(10)24-16(11)21/h3-6,9,12H,2,7-8H2,1H3,(H,17,18)(H,19,20). The van der Waals surface area contributed by atoms with Gasteiger partial charge in [0.1, 0.15) is 27.0 Å². The molecule has 9 heteroatoms. The molecule has 2 rings (SSSR count). The minimum atomic E-state index is -3.38. The Morgan fingerprint density at radius 1 is 1.28 bits per heavy atom. The van der Waals surface area contributed by atoms with Crippen molar-refractivity contribution in [2.45, 2.75) is 19.4 Å². The molecule has 0 radical (unpaired) electrons. The van der Waals surface area contributed by atoms with Crippen LogP contribution in [0.4, 0.5) is 0 Å². The van der Waals surface area contributed by atoms with E-state index in [0.717, 1.165) is 0 Å². The van der Waals surface area contributed by atoms with Gasteiger partial charge in [-0.3, -0.25) is 4.79 Å². The number of rotatable bonds is 7. The third kappa shape index (κ3) is 4.66. The van der Waals surface area contributed by atoms with Crippen LogP contribution in [-0.2, 0) is 14.6 Å². The summed E-state index contributed by atoms with van der Waals surface area (Å²) in [6.45, 7) is 1.45. The molecule has 0 aliphatic rings. The minimum Gasteiger partial charge on any atom is -0.480 e. The quantitative estimate of drug-likeness (QED) is 0.692. The van der Waals surface area contributed by atoms with Crippen LogP contribution >= 0.6 is 0 Å². The van der Waals surface area contributed by atoms with Crippen LogP contribution < -0.4 is 10.9 Å². The molecule has 0 fully saturated rings. The predicted molar refractivity (Wildman–Crippen MR) is 90.3 cm³/mol. The fourth-order valence-electron chi connectivity index (χ4n) is 2.16. The molecule has 1 heterocycles. The first-order chi connectivity index (χ1) is 11.7. The summed E-state index contributed by atoms with van der Waals surface area (Å²) in [5.74, 6) is -2.82. The lowest BCUT2D eigenvalue weighted by molar-refractivity contribution is -0.139. The molecule has 25 heavy (non-hydrogen) atoms. The topological polar surface area (TPSA) is 131 Å². The Labute approximate surface area is 143 Å². The first-order valence-corrected chi connectivity index (χ1v) is 9.32. The second kappa shape index (κ2) is 7.47. The van der Waals surface area contributed by atoms with E-state index in [4.69, 9.17) is 9.52 Å². The summed E-state index contributed by atoms with van der Waals surface area (Å²) in [7, 11) is -3.38. The lowest BCUT2D eigenvalue weighted by Gasteiger charge is -2.14. The van der Waals surface area contributed by atoms with Gasteiger partial charge in [0.05, 0.1) is 5.75 Å². The van der Waals surface area contributed by atoms with Gasteiger partial charge >= 0.3 is 11.6 Å². The van der Waals surface area contributed by atoms with E-state index >= 15 is 0 Å². The van der Waals surface area contributed by atoms with Crippen molar-refractivity contribution in [2.75, 3.05) is 11.5 Å². The Morgan fingerprint density at radius 3 is 2.60 bits per heavy atom. The molecule has 1 atom stereocenters. The van der Waals surface area contributed by atoms with Crippen LogP contribution in [0.1, 0.15) is 23.7 Å². The number of amides is 1. The Morgan fingerprint density at radius 2 is 1.96 bits per heavy atom. The number of carbonyl (C=O) groups excluding carboxylic acids is 1. The number of carboxylic acids is 1. The van der Waals surface area contributed by atoms with E-state index in [2.05, 4.69) is 5.32 Å². The van der Waals surface area contributed by atoms with Crippen LogP contribution in [-0.4, -0.2) is 42.9 Å². The fraction of sp³-hybridized carbons (Fsp3) is 0.312. The van der Waals surface area contributed by atoms with Gasteiger partial charge in [0, 0.05) is 11.1 Å². The van der Waals surface area contributed by atoms with Crippen molar-refractivity contribution in [3.05, 3.63) is 46.3 Å². The van der Waals surface area contributed by atoms with E-state index in [1.165, 1.54) is 13.0 Å². The number of para-hydroxylation sites is 1. The van der Waals surface area contributed by atoms with Gasteiger partial charge in [0.2, 0.25) is 0 Å². The molecule has 2 N–H and O–H groups in total. The van der Waals surface area contributed by atoms with Gasteiger partial charge in [-0.1, -0.05) is 25.1 Å². The highest BCUT2D eigenvalue weighted by Gasteiger charge is 2.24. The maximum atomic E-state index is 12.2. The molecule has 0 bridgehead atoms. The maximum Gasteiger partial charge on any atom is 0.349 e. The fourth-order valence-corrected chi connectivity index (χ4v) is 3.04. The van der Waals surface area contributed by atoms with Crippen LogP contribution in [0.15, 0.2) is 39.5 Å². The lowest BCUT2D eigenvalue weighted by Crippen LogP contribution is -2.43. The second-order valence-corrected chi connectivity index (χ2v) is 7.85. The van der Waals surface area contributed by atoms with Crippen molar-refractivity contribution in [3.8, 4) is 0 Å². The van der Waals surface area contributed by atoms with E-state index in [1.807, 2.05) is 0 Å². The number of carbonyl (C=O) groups is 2. The first kappa shape index (κ1) is 18.7. The third-order valence-corrected chi connectivity index (χ3v) is 5.38. The summed E-state index contributed by atoms with van der Waals surface area (Å²) >= 11 is 0. The highest BCUT2D eigenvalue weighted by molar-refractivity contribution is 7.91. The summed E-state index contributed by atoms with van der Waals surface area (Å²) in [6.07, 6.45) is -0.295. The zero-order valence-electron chi connectivity index (χ0n) is 13.4. The van der Waals surface area contributed by atoms with Crippen molar-refractivity contribution in [2.24, 2.45) is 0 Å². The highest BCUT2D eigenvalue weighted by atomic mass is 32.2. The molecule has 134 valence electrons. The summed E-state index contributed by atoms with van der Waals surface area (Å²) in [4.78, 5) is 35.4. The average Bonchev–Trinajstić information content (AvgIpc) is 2.57. The zero-order valence-corrected chi connectivity index (χ0v) is 14.2. The monoisotopic (exact) mass is 367 g/mol.